The monoisotopic (exact) mass is 443 g/mol. The molecule has 172 valence electrons. The maximum Gasteiger partial charge on any atom is 0.407 e. The van der Waals surface area contributed by atoms with E-state index in [9.17, 15) is 18.8 Å². The van der Waals surface area contributed by atoms with Gasteiger partial charge >= 0.3 is 6.09 Å². The second-order valence-corrected chi connectivity index (χ2v) is 8.30. The Balaban J connectivity index is 1.73. The number of amides is 3. The van der Waals surface area contributed by atoms with Gasteiger partial charge in [-0.1, -0.05) is 30.3 Å². The summed E-state index contributed by atoms with van der Waals surface area (Å²) in [5, 5.41) is 8.09. The average molecular weight is 444 g/mol. The van der Waals surface area contributed by atoms with Crippen LogP contribution in [0.5, 0.6) is 0 Å². The molecule has 3 amide bonds. The lowest BCUT2D eigenvalue weighted by Crippen LogP contribution is -2.34. The van der Waals surface area contributed by atoms with Gasteiger partial charge in [-0.3, -0.25) is 9.59 Å². The number of nitrogens with one attached hydrogen (secondary N) is 3. The van der Waals surface area contributed by atoms with Crippen LogP contribution >= 0.6 is 0 Å². The van der Waals surface area contributed by atoms with E-state index in [0.717, 1.165) is 5.56 Å². The zero-order valence-corrected chi connectivity index (χ0v) is 18.7. The van der Waals surface area contributed by atoms with Crippen LogP contribution in [0.3, 0.4) is 0 Å². The number of benzene rings is 2. The minimum absolute atomic E-state index is 0.0935. The first-order valence-corrected chi connectivity index (χ1v) is 10.5. The van der Waals surface area contributed by atoms with Crippen molar-refractivity contribution in [1.82, 2.24) is 10.6 Å². The Morgan fingerprint density at radius 1 is 0.938 bits per heavy atom. The lowest BCUT2D eigenvalue weighted by molar-refractivity contribution is -0.121. The number of ether oxygens (including phenoxy) is 1. The number of alkyl carbamates (subject to hydrolysis) is 1. The van der Waals surface area contributed by atoms with Gasteiger partial charge in [0.2, 0.25) is 11.8 Å². The molecule has 2 rings (SSSR count). The third-order valence-electron chi connectivity index (χ3n) is 4.30. The van der Waals surface area contributed by atoms with Gasteiger partial charge < -0.3 is 20.7 Å². The number of carbonyl (C=O) groups excluding carboxylic acids is 3. The summed E-state index contributed by atoms with van der Waals surface area (Å²) in [6.45, 7) is 5.73. The maximum absolute atomic E-state index is 13.6. The molecule has 0 heterocycles. The van der Waals surface area contributed by atoms with Crippen molar-refractivity contribution in [2.75, 3.05) is 11.9 Å². The van der Waals surface area contributed by atoms with Crippen LogP contribution in [0.4, 0.5) is 14.9 Å². The van der Waals surface area contributed by atoms with Crippen molar-refractivity contribution in [2.45, 2.75) is 52.2 Å². The Kier molecular flexibility index (Phi) is 9.19. The molecule has 0 saturated carbocycles. The number of aryl methyl sites for hydroxylation is 1. The van der Waals surface area contributed by atoms with Crippen molar-refractivity contribution in [3.05, 3.63) is 65.5 Å². The molecule has 0 unspecified atom stereocenters. The van der Waals surface area contributed by atoms with E-state index in [1.54, 1.807) is 57.2 Å². The van der Waals surface area contributed by atoms with Crippen molar-refractivity contribution >= 4 is 23.6 Å². The summed E-state index contributed by atoms with van der Waals surface area (Å²) in [4.78, 5) is 35.8. The summed E-state index contributed by atoms with van der Waals surface area (Å²) in [5.74, 6) is -0.756. The second-order valence-electron chi connectivity index (χ2n) is 8.30. The number of rotatable bonds is 9. The van der Waals surface area contributed by atoms with Crippen LogP contribution in [0.25, 0.3) is 0 Å². The highest BCUT2D eigenvalue weighted by Crippen LogP contribution is 2.12. The maximum atomic E-state index is 13.6. The van der Waals surface area contributed by atoms with Crippen molar-refractivity contribution < 1.29 is 23.5 Å². The van der Waals surface area contributed by atoms with Crippen LogP contribution in [0, 0.1) is 5.82 Å². The van der Waals surface area contributed by atoms with Gasteiger partial charge in [0.15, 0.2) is 0 Å². The summed E-state index contributed by atoms with van der Waals surface area (Å²) in [7, 11) is 0. The van der Waals surface area contributed by atoms with Crippen LogP contribution in [-0.2, 0) is 27.3 Å². The normalized spacial score (nSPS) is 10.9. The molecule has 0 spiro atoms. The Morgan fingerprint density at radius 3 is 2.41 bits per heavy atom. The Labute approximate surface area is 187 Å². The fourth-order valence-electron chi connectivity index (χ4n) is 2.81. The van der Waals surface area contributed by atoms with Gasteiger partial charge in [0, 0.05) is 31.6 Å². The van der Waals surface area contributed by atoms with Gasteiger partial charge in [0.25, 0.3) is 0 Å². The van der Waals surface area contributed by atoms with Gasteiger partial charge in [0.05, 0.1) is 0 Å². The third-order valence-corrected chi connectivity index (χ3v) is 4.30. The SMILES string of the molecule is CC(C)(C)OC(=O)NCCC(=O)Nc1cccc(CNC(=O)CCc2ccccc2F)c1. The smallest absolute Gasteiger partial charge is 0.407 e. The minimum atomic E-state index is -0.597. The number of hydrogen-bond acceptors (Lipinski definition) is 4. The van der Waals surface area contributed by atoms with Gasteiger partial charge in [-0.2, -0.15) is 0 Å². The zero-order chi connectivity index (χ0) is 23.6. The van der Waals surface area contributed by atoms with Crippen LogP contribution in [0.1, 0.15) is 44.7 Å². The topological polar surface area (TPSA) is 96.5 Å². The van der Waals surface area contributed by atoms with E-state index in [-0.39, 0.29) is 37.0 Å². The highest BCUT2D eigenvalue weighted by atomic mass is 19.1. The molecule has 0 saturated heterocycles. The van der Waals surface area contributed by atoms with E-state index in [4.69, 9.17) is 4.74 Å². The molecular weight excluding hydrogens is 413 g/mol. The van der Waals surface area contributed by atoms with E-state index in [1.807, 2.05) is 6.07 Å². The molecule has 7 nitrogen and oxygen atoms in total. The zero-order valence-electron chi connectivity index (χ0n) is 18.7. The number of anilines is 1. The fourth-order valence-corrected chi connectivity index (χ4v) is 2.81. The Bertz CT molecular complexity index is 941. The number of carbonyl (C=O) groups is 3. The summed E-state index contributed by atoms with van der Waals surface area (Å²) < 4.78 is 18.7. The van der Waals surface area contributed by atoms with Gasteiger partial charge in [0.1, 0.15) is 11.4 Å². The van der Waals surface area contributed by atoms with Gasteiger partial charge in [-0.15, -0.1) is 0 Å². The molecular formula is C24H30FN3O4. The van der Waals surface area contributed by atoms with Crippen LogP contribution in [-0.4, -0.2) is 30.1 Å². The quantitative estimate of drug-likeness (QED) is 0.547. The molecule has 0 bridgehead atoms. The van der Waals surface area contributed by atoms with Crippen LogP contribution in [0.2, 0.25) is 0 Å². The molecule has 0 aliphatic carbocycles. The predicted octanol–water partition coefficient (Wildman–Crippen LogP) is 3.93. The van der Waals surface area contributed by atoms with E-state index < -0.39 is 11.7 Å². The highest BCUT2D eigenvalue weighted by Gasteiger charge is 2.16. The molecule has 0 fully saturated rings. The van der Waals surface area contributed by atoms with Crippen LogP contribution < -0.4 is 16.0 Å². The number of hydrogen-bond donors (Lipinski definition) is 3. The fraction of sp³-hybridized carbons (Fsp3) is 0.375. The second kappa shape index (κ2) is 11.8. The van der Waals surface area contributed by atoms with Crippen LogP contribution in [0.15, 0.2) is 48.5 Å². The van der Waals surface area contributed by atoms with E-state index >= 15 is 0 Å². The van der Waals surface area contributed by atoms with Gasteiger partial charge in [-0.05, 0) is 56.5 Å². The first-order chi connectivity index (χ1) is 15.1. The minimum Gasteiger partial charge on any atom is -0.444 e. The first-order valence-electron chi connectivity index (χ1n) is 10.5. The molecule has 0 radical (unpaired) electrons. The summed E-state index contributed by atoms with van der Waals surface area (Å²) in [6.07, 6.45) is 0.0301. The van der Waals surface area contributed by atoms with E-state index in [1.165, 1.54) is 6.07 Å². The van der Waals surface area contributed by atoms with E-state index in [0.29, 0.717) is 24.2 Å². The number of halogens is 1. The Morgan fingerprint density at radius 2 is 1.69 bits per heavy atom. The van der Waals surface area contributed by atoms with Gasteiger partial charge in [-0.25, -0.2) is 9.18 Å². The third kappa shape index (κ3) is 9.59. The molecule has 3 N–H and O–H groups in total. The predicted molar refractivity (Wildman–Crippen MR) is 120 cm³/mol. The molecule has 0 aliphatic rings. The first kappa shape index (κ1) is 24.8. The van der Waals surface area contributed by atoms with Crippen molar-refractivity contribution in [2.24, 2.45) is 0 Å². The molecule has 8 heteroatoms. The lowest BCUT2D eigenvalue weighted by Gasteiger charge is -2.19. The lowest BCUT2D eigenvalue weighted by atomic mass is 10.1. The molecule has 0 aliphatic heterocycles. The highest BCUT2D eigenvalue weighted by molar-refractivity contribution is 5.91. The van der Waals surface area contributed by atoms with Crippen molar-refractivity contribution in [1.29, 1.82) is 0 Å². The Hall–Kier alpha value is -3.42. The molecule has 2 aromatic carbocycles. The molecule has 2 aromatic rings. The summed E-state index contributed by atoms with van der Waals surface area (Å²) in [5.41, 5.74) is 1.31. The van der Waals surface area contributed by atoms with E-state index in [2.05, 4.69) is 16.0 Å². The summed E-state index contributed by atoms with van der Waals surface area (Å²) in [6, 6.07) is 13.5. The van der Waals surface area contributed by atoms with Crippen molar-refractivity contribution in [3.8, 4) is 0 Å². The average Bonchev–Trinajstić information content (AvgIpc) is 2.70. The standard InChI is InChI=1S/C24H30FN3O4/c1-24(2,3)32-23(31)26-14-13-22(30)28-19-9-6-7-17(15-19)16-27-21(29)12-11-18-8-4-5-10-20(18)25/h4-10,15H,11-14,16H2,1-3H3,(H,26,31)(H,27,29)(H,28,30). The molecule has 0 atom stereocenters. The molecule has 0 aromatic heterocycles. The summed E-state index contributed by atoms with van der Waals surface area (Å²) >= 11 is 0. The molecule has 32 heavy (non-hydrogen) atoms. The van der Waals surface area contributed by atoms with Crippen molar-refractivity contribution in [3.63, 3.8) is 0 Å². The largest absolute Gasteiger partial charge is 0.444 e.